The third-order valence-electron chi connectivity index (χ3n) is 4.16. The highest BCUT2D eigenvalue weighted by atomic mass is 16.2. The number of fused-ring (bicyclic) bond motifs is 1. The highest BCUT2D eigenvalue weighted by molar-refractivity contribution is 5.96. The lowest BCUT2D eigenvalue weighted by molar-refractivity contribution is -0.116. The lowest BCUT2D eigenvalue weighted by Gasteiger charge is -2.16. The molecule has 0 aromatic heterocycles. The van der Waals surface area contributed by atoms with Crippen LogP contribution in [-0.2, 0) is 11.2 Å². The summed E-state index contributed by atoms with van der Waals surface area (Å²) in [6, 6.07) is 22.0. The number of hydrogen-bond acceptors (Lipinski definition) is 2. The molecule has 0 saturated carbocycles. The summed E-state index contributed by atoms with van der Waals surface area (Å²) in [6.45, 7) is 3.98. The number of anilines is 2. The lowest BCUT2D eigenvalue weighted by atomic mass is 10.1. The molecule has 0 saturated heterocycles. The van der Waals surface area contributed by atoms with Gasteiger partial charge in [-0.1, -0.05) is 49.4 Å². The van der Waals surface area contributed by atoms with Gasteiger partial charge in [-0.3, -0.25) is 4.79 Å². The van der Waals surface area contributed by atoms with Crippen molar-refractivity contribution in [2.24, 2.45) is 0 Å². The van der Waals surface area contributed by atoms with E-state index in [0.717, 1.165) is 23.2 Å². The fourth-order valence-electron chi connectivity index (χ4n) is 2.67. The molecule has 24 heavy (non-hydrogen) atoms. The average molecular weight is 318 g/mol. The Labute approximate surface area is 142 Å². The van der Waals surface area contributed by atoms with Crippen LogP contribution in [0.2, 0.25) is 0 Å². The Bertz CT molecular complexity index is 840. The Hall–Kier alpha value is -2.81. The van der Waals surface area contributed by atoms with Crippen molar-refractivity contribution in [2.45, 2.75) is 26.3 Å². The van der Waals surface area contributed by atoms with Gasteiger partial charge in [-0.15, -0.1) is 0 Å². The third kappa shape index (κ3) is 3.74. The molecule has 0 fully saturated rings. The Balaban J connectivity index is 1.65. The van der Waals surface area contributed by atoms with Crippen LogP contribution in [0.5, 0.6) is 0 Å². The number of carbonyl (C=O) groups is 1. The van der Waals surface area contributed by atoms with Crippen LogP contribution in [0.1, 0.15) is 19.4 Å². The molecule has 0 spiro atoms. The molecule has 0 aliphatic carbocycles. The van der Waals surface area contributed by atoms with Crippen LogP contribution in [0.25, 0.3) is 10.8 Å². The molecule has 1 atom stereocenters. The SMILES string of the molecule is CCc1ccc(NC(=O)[C@@H](C)Nc2ccc3ccccc3c2)cc1. The zero-order valence-electron chi connectivity index (χ0n) is 14.0. The molecule has 3 aromatic rings. The quantitative estimate of drug-likeness (QED) is 0.706. The molecule has 3 heteroatoms. The van der Waals surface area contributed by atoms with E-state index in [4.69, 9.17) is 0 Å². The Kier molecular flexibility index (Phi) is 4.80. The second-order valence-electron chi connectivity index (χ2n) is 5.97. The number of amides is 1. The first-order valence-electron chi connectivity index (χ1n) is 8.31. The molecule has 0 aliphatic heterocycles. The van der Waals surface area contributed by atoms with Crippen LogP contribution in [0, 0.1) is 0 Å². The smallest absolute Gasteiger partial charge is 0.246 e. The molecule has 2 N–H and O–H groups in total. The Morgan fingerprint density at radius 3 is 2.29 bits per heavy atom. The van der Waals surface area contributed by atoms with Gasteiger partial charge < -0.3 is 10.6 Å². The van der Waals surface area contributed by atoms with Gasteiger partial charge in [-0.2, -0.15) is 0 Å². The molecule has 0 radical (unpaired) electrons. The monoisotopic (exact) mass is 318 g/mol. The van der Waals surface area contributed by atoms with Gasteiger partial charge in [-0.25, -0.2) is 0 Å². The van der Waals surface area contributed by atoms with Crippen molar-refractivity contribution in [3.63, 3.8) is 0 Å². The summed E-state index contributed by atoms with van der Waals surface area (Å²) in [5.41, 5.74) is 3.03. The molecule has 3 nitrogen and oxygen atoms in total. The van der Waals surface area contributed by atoms with E-state index in [1.807, 2.05) is 49.4 Å². The summed E-state index contributed by atoms with van der Waals surface area (Å²) in [7, 11) is 0. The van der Waals surface area contributed by atoms with E-state index in [1.54, 1.807) is 0 Å². The molecular weight excluding hydrogens is 296 g/mol. The maximum absolute atomic E-state index is 12.4. The molecule has 0 aliphatic rings. The Morgan fingerprint density at radius 1 is 0.917 bits per heavy atom. The highest BCUT2D eigenvalue weighted by Crippen LogP contribution is 2.19. The van der Waals surface area contributed by atoms with Crippen molar-refractivity contribution in [3.05, 3.63) is 72.3 Å². The largest absolute Gasteiger partial charge is 0.374 e. The predicted molar refractivity (Wildman–Crippen MR) is 101 cm³/mol. The number of nitrogens with one attached hydrogen (secondary N) is 2. The van der Waals surface area contributed by atoms with Gasteiger partial charge in [-0.05, 0) is 53.9 Å². The van der Waals surface area contributed by atoms with Crippen molar-refractivity contribution in [1.82, 2.24) is 0 Å². The fraction of sp³-hybridized carbons (Fsp3) is 0.190. The molecule has 3 rings (SSSR count). The first-order valence-corrected chi connectivity index (χ1v) is 8.31. The normalized spacial score (nSPS) is 11.9. The van der Waals surface area contributed by atoms with Crippen LogP contribution < -0.4 is 10.6 Å². The van der Waals surface area contributed by atoms with Crippen LogP contribution in [0.3, 0.4) is 0 Å². The van der Waals surface area contributed by atoms with Crippen molar-refractivity contribution in [1.29, 1.82) is 0 Å². The zero-order valence-corrected chi connectivity index (χ0v) is 14.0. The van der Waals surface area contributed by atoms with Gasteiger partial charge in [0.1, 0.15) is 6.04 Å². The predicted octanol–water partition coefficient (Wildman–Crippen LogP) is 4.84. The van der Waals surface area contributed by atoms with Crippen LogP contribution in [0.15, 0.2) is 66.7 Å². The summed E-state index contributed by atoms with van der Waals surface area (Å²) in [4.78, 5) is 12.4. The average Bonchev–Trinajstić information content (AvgIpc) is 2.62. The summed E-state index contributed by atoms with van der Waals surface area (Å²) < 4.78 is 0. The number of benzene rings is 3. The fourth-order valence-corrected chi connectivity index (χ4v) is 2.67. The van der Waals surface area contributed by atoms with Crippen LogP contribution >= 0.6 is 0 Å². The minimum atomic E-state index is -0.322. The number of rotatable bonds is 5. The van der Waals surface area contributed by atoms with Crippen LogP contribution in [-0.4, -0.2) is 11.9 Å². The van der Waals surface area contributed by atoms with Crippen LogP contribution in [0.4, 0.5) is 11.4 Å². The van der Waals surface area contributed by atoms with Gasteiger partial charge in [0.05, 0.1) is 0 Å². The second kappa shape index (κ2) is 7.18. The Morgan fingerprint density at radius 2 is 1.58 bits per heavy atom. The molecule has 3 aromatic carbocycles. The minimum absolute atomic E-state index is 0.0487. The maximum atomic E-state index is 12.4. The summed E-state index contributed by atoms with van der Waals surface area (Å²) >= 11 is 0. The van der Waals surface area contributed by atoms with Gasteiger partial charge >= 0.3 is 0 Å². The van der Waals surface area contributed by atoms with Gasteiger partial charge in [0.2, 0.25) is 5.91 Å². The lowest BCUT2D eigenvalue weighted by Crippen LogP contribution is -2.31. The highest BCUT2D eigenvalue weighted by Gasteiger charge is 2.13. The molecule has 0 bridgehead atoms. The number of carbonyl (C=O) groups excluding carboxylic acids is 1. The topological polar surface area (TPSA) is 41.1 Å². The van der Waals surface area contributed by atoms with E-state index in [9.17, 15) is 4.79 Å². The third-order valence-corrected chi connectivity index (χ3v) is 4.16. The number of aryl methyl sites for hydroxylation is 1. The first-order chi connectivity index (χ1) is 11.7. The van der Waals surface area contributed by atoms with E-state index >= 15 is 0 Å². The van der Waals surface area contributed by atoms with E-state index in [1.165, 1.54) is 10.9 Å². The van der Waals surface area contributed by atoms with Crippen molar-refractivity contribution in [3.8, 4) is 0 Å². The van der Waals surface area contributed by atoms with Crippen molar-refractivity contribution < 1.29 is 4.79 Å². The van der Waals surface area contributed by atoms with E-state index < -0.39 is 0 Å². The van der Waals surface area contributed by atoms with Crippen molar-refractivity contribution in [2.75, 3.05) is 10.6 Å². The van der Waals surface area contributed by atoms with Gasteiger partial charge in [0.15, 0.2) is 0 Å². The summed E-state index contributed by atoms with van der Waals surface area (Å²) in [5, 5.41) is 8.56. The molecule has 1 amide bonds. The van der Waals surface area contributed by atoms with Gasteiger partial charge in [0.25, 0.3) is 0 Å². The summed E-state index contributed by atoms with van der Waals surface area (Å²) in [6.07, 6.45) is 0.994. The zero-order chi connectivity index (χ0) is 16.9. The molecular formula is C21H22N2O. The van der Waals surface area contributed by atoms with E-state index in [0.29, 0.717) is 0 Å². The van der Waals surface area contributed by atoms with E-state index in [2.05, 4.69) is 41.8 Å². The summed E-state index contributed by atoms with van der Waals surface area (Å²) in [5.74, 6) is -0.0487. The molecule has 122 valence electrons. The van der Waals surface area contributed by atoms with Crippen molar-refractivity contribution >= 4 is 28.1 Å². The van der Waals surface area contributed by atoms with E-state index in [-0.39, 0.29) is 11.9 Å². The standard InChI is InChI=1S/C21H22N2O/c1-3-16-8-11-19(12-9-16)23-21(24)15(2)22-20-13-10-17-6-4-5-7-18(17)14-20/h4-15,22H,3H2,1-2H3,(H,23,24)/t15-/m1/s1. The molecule has 0 unspecified atom stereocenters. The van der Waals surface area contributed by atoms with Gasteiger partial charge in [0, 0.05) is 11.4 Å². The minimum Gasteiger partial charge on any atom is -0.374 e. The number of hydrogen-bond donors (Lipinski definition) is 2. The maximum Gasteiger partial charge on any atom is 0.246 e. The first kappa shape index (κ1) is 16.1. The second-order valence-corrected chi connectivity index (χ2v) is 5.97. The molecule has 0 heterocycles.